The van der Waals surface area contributed by atoms with Crippen LogP contribution in [0.15, 0.2) is 28.7 Å². The molecule has 1 aliphatic heterocycles. The Morgan fingerprint density at radius 3 is 2.79 bits per heavy atom. The number of nitrogens with one attached hydrogen (secondary N) is 1. The number of nitrogens with two attached hydrogens (primary N) is 1. The van der Waals surface area contributed by atoms with Gasteiger partial charge in [-0.1, -0.05) is 15.9 Å². The lowest BCUT2D eigenvalue weighted by Crippen LogP contribution is -2.87. The van der Waals surface area contributed by atoms with E-state index in [1.54, 1.807) is 0 Å². The summed E-state index contributed by atoms with van der Waals surface area (Å²) in [5.41, 5.74) is 1.22. The number of anilines is 1. The molecule has 2 rings (SSSR count). The van der Waals surface area contributed by atoms with Crippen LogP contribution in [0.3, 0.4) is 0 Å². The molecule has 14 heavy (non-hydrogen) atoms. The molecule has 3 heteroatoms. The predicted octanol–water partition coefficient (Wildman–Crippen LogP) is 1.59. The minimum absolute atomic E-state index is 0.777. The SMILES string of the molecule is Brc1ccc(NC[C@H]2CCC[NH2+]2)cc1. The number of rotatable bonds is 3. The fourth-order valence-electron chi connectivity index (χ4n) is 1.85. The molecule has 1 saturated heterocycles. The Hall–Kier alpha value is -0.540. The van der Waals surface area contributed by atoms with E-state index in [0.29, 0.717) is 0 Å². The lowest BCUT2D eigenvalue weighted by atomic mass is 10.2. The minimum Gasteiger partial charge on any atom is -0.379 e. The van der Waals surface area contributed by atoms with Crippen molar-refractivity contribution in [1.82, 2.24) is 0 Å². The molecular weight excluding hydrogens is 240 g/mol. The van der Waals surface area contributed by atoms with Crippen LogP contribution in [0, 0.1) is 0 Å². The van der Waals surface area contributed by atoms with Gasteiger partial charge in [0.15, 0.2) is 0 Å². The third-order valence-electron chi connectivity index (χ3n) is 2.69. The Morgan fingerprint density at radius 1 is 1.36 bits per heavy atom. The summed E-state index contributed by atoms with van der Waals surface area (Å²) in [6, 6.07) is 9.14. The van der Waals surface area contributed by atoms with Crippen molar-refractivity contribution in [2.45, 2.75) is 18.9 Å². The molecule has 0 aromatic heterocycles. The Bertz CT molecular complexity index is 278. The van der Waals surface area contributed by atoms with Gasteiger partial charge in [-0.05, 0) is 24.3 Å². The highest BCUT2D eigenvalue weighted by molar-refractivity contribution is 9.10. The summed E-state index contributed by atoms with van der Waals surface area (Å²) in [6.07, 6.45) is 2.72. The van der Waals surface area contributed by atoms with Gasteiger partial charge in [0.25, 0.3) is 0 Å². The average Bonchev–Trinajstić information content (AvgIpc) is 2.70. The van der Waals surface area contributed by atoms with Gasteiger partial charge in [-0.15, -0.1) is 0 Å². The zero-order valence-electron chi connectivity index (χ0n) is 8.17. The molecule has 1 aromatic carbocycles. The molecule has 1 aromatic rings. The van der Waals surface area contributed by atoms with Crippen molar-refractivity contribution in [1.29, 1.82) is 0 Å². The maximum Gasteiger partial charge on any atom is 0.104 e. The molecule has 1 aliphatic rings. The van der Waals surface area contributed by atoms with Crippen molar-refractivity contribution >= 4 is 21.6 Å². The number of hydrogen-bond donors (Lipinski definition) is 2. The minimum atomic E-state index is 0.777. The van der Waals surface area contributed by atoms with E-state index in [1.807, 2.05) is 0 Å². The summed E-state index contributed by atoms with van der Waals surface area (Å²) >= 11 is 3.43. The second kappa shape index (κ2) is 4.80. The molecule has 0 spiro atoms. The number of hydrogen-bond acceptors (Lipinski definition) is 1. The van der Waals surface area contributed by atoms with Crippen molar-refractivity contribution in [2.24, 2.45) is 0 Å². The molecule has 1 heterocycles. The highest BCUT2D eigenvalue weighted by atomic mass is 79.9. The molecule has 3 N–H and O–H groups in total. The highest BCUT2D eigenvalue weighted by Gasteiger charge is 2.17. The zero-order chi connectivity index (χ0) is 9.80. The fourth-order valence-corrected chi connectivity index (χ4v) is 2.12. The van der Waals surface area contributed by atoms with Crippen LogP contribution in [0.25, 0.3) is 0 Å². The average molecular weight is 256 g/mol. The summed E-state index contributed by atoms with van der Waals surface area (Å²) in [4.78, 5) is 0. The molecule has 76 valence electrons. The summed E-state index contributed by atoms with van der Waals surface area (Å²) in [5.74, 6) is 0. The van der Waals surface area contributed by atoms with E-state index in [9.17, 15) is 0 Å². The van der Waals surface area contributed by atoms with Crippen LogP contribution in [-0.2, 0) is 0 Å². The van der Waals surface area contributed by atoms with Crippen LogP contribution in [0.5, 0.6) is 0 Å². The van der Waals surface area contributed by atoms with Crippen LogP contribution < -0.4 is 10.6 Å². The van der Waals surface area contributed by atoms with E-state index in [2.05, 4.69) is 50.8 Å². The molecular formula is C11H16BrN2+. The fraction of sp³-hybridized carbons (Fsp3) is 0.455. The first-order chi connectivity index (χ1) is 6.84. The maximum atomic E-state index is 3.46. The van der Waals surface area contributed by atoms with Crippen molar-refractivity contribution < 1.29 is 5.32 Å². The second-order valence-electron chi connectivity index (χ2n) is 3.81. The molecule has 0 unspecified atom stereocenters. The number of benzene rings is 1. The lowest BCUT2D eigenvalue weighted by molar-refractivity contribution is -0.666. The molecule has 0 saturated carbocycles. The van der Waals surface area contributed by atoms with Crippen LogP contribution >= 0.6 is 15.9 Å². The molecule has 0 amide bonds. The van der Waals surface area contributed by atoms with Gasteiger partial charge in [0.1, 0.15) is 6.04 Å². The first-order valence-electron chi connectivity index (χ1n) is 5.17. The van der Waals surface area contributed by atoms with E-state index >= 15 is 0 Å². The van der Waals surface area contributed by atoms with E-state index in [4.69, 9.17) is 0 Å². The van der Waals surface area contributed by atoms with Gasteiger partial charge in [0.05, 0.1) is 13.1 Å². The Morgan fingerprint density at radius 2 is 2.14 bits per heavy atom. The van der Waals surface area contributed by atoms with E-state index in [1.165, 1.54) is 25.1 Å². The predicted molar refractivity (Wildman–Crippen MR) is 62.4 cm³/mol. The Balaban J connectivity index is 1.82. The number of quaternary nitrogens is 1. The van der Waals surface area contributed by atoms with Gasteiger partial charge in [-0.2, -0.15) is 0 Å². The van der Waals surface area contributed by atoms with Crippen LogP contribution in [0.4, 0.5) is 5.69 Å². The molecule has 0 radical (unpaired) electrons. The second-order valence-corrected chi connectivity index (χ2v) is 4.73. The molecule has 1 fully saturated rings. The van der Waals surface area contributed by atoms with Crippen molar-refractivity contribution in [3.05, 3.63) is 28.7 Å². The van der Waals surface area contributed by atoms with Crippen molar-refractivity contribution in [3.8, 4) is 0 Å². The monoisotopic (exact) mass is 255 g/mol. The lowest BCUT2D eigenvalue weighted by Gasteiger charge is -2.09. The first kappa shape index (κ1) is 9.99. The van der Waals surface area contributed by atoms with Gasteiger partial charge in [0.2, 0.25) is 0 Å². The van der Waals surface area contributed by atoms with Crippen LogP contribution in [0.2, 0.25) is 0 Å². The van der Waals surface area contributed by atoms with Gasteiger partial charge in [0, 0.05) is 23.0 Å². The summed E-state index contributed by atoms with van der Waals surface area (Å²) in [7, 11) is 0. The largest absolute Gasteiger partial charge is 0.379 e. The van der Waals surface area contributed by atoms with Gasteiger partial charge in [-0.3, -0.25) is 0 Å². The number of halogens is 1. The van der Waals surface area contributed by atoms with Crippen LogP contribution in [0.1, 0.15) is 12.8 Å². The molecule has 2 nitrogen and oxygen atoms in total. The van der Waals surface area contributed by atoms with Gasteiger partial charge < -0.3 is 10.6 Å². The normalized spacial score (nSPS) is 21.1. The quantitative estimate of drug-likeness (QED) is 0.844. The Kier molecular flexibility index (Phi) is 3.43. The molecule has 0 aliphatic carbocycles. The summed E-state index contributed by atoms with van der Waals surface area (Å²) in [5, 5.41) is 5.90. The standard InChI is InChI=1S/C11H15BrN2/c12-9-3-5-10(6-4-9)14-8-11-2-1-7-13-11/h3-6,11,13-14H,1-2,7-8H2/p+1/t11-/m1/s1. The third kappa shape index (κ3) is 2.72. The molecule has 1 atom stereocenters. The van der Waals surface area contributed by atoms with Crippen molar-refractivity contribution in [3.63, 3.8) is 0 Å². The van der Waals surface area contributed by atoms with E-state index in [-0.39, 0.29) is 0 Å². The maximum absolute atomic E-state index is 3.46. The third-order valence-corrected chi connectivity index (χ3v) is 3.22. The van der Waals surface area contributed by atoms with Crippen LogP contribution in [-0.4, -0.2) is 19.1 Å². The summed E-state index contributed by atoms with van der Waals surface area (Å²) < 4.78 is 1.13. The summed E-state index contributed by atoms with van der Waals surface area (Å²) in [6.45, 7) is 2.38. The topological polar surface area (TPSA) is 28.6 Å². The smallest absolute Gasteiger partial charge is 0.104 e. The van der Waals surface area contributed by atoms with E-state index < -0.39 is 0 Å². The molecule has 0 bridgehead atoms. The van der Waals surface area contributed by atoms with E-state index in [0.717, 1.165) is 17.1 Å². The highest BCUT2D eigenvalue weighted by Crippen LogP contribution is 2.14. The van der Waals surface area contributed by atoms with Gasteiger partial charge >= 0.3 is 0 Å². The van der Waals surface area contributed by atoms with Gasteiger partial charge in [-0.25, -0.2) is 0 Å². The van der Waals surface area contributed by atoms with Crippen molar-refractivity contribution in [2.75, 3.05) is 18.4 Å². The Labute approximate surface area is 93.2 Å². The zero-order valence-corrected chi connectivity index (χ0v) is 9.76. The first-order valence-corrected chi connectivity index (χ1v) is 5.96.